The summed E-state index contributed by atoms with van der Waals surface area (Å²) < 4.78 is 2.41. The van der Waals surface area contributed by atoms with E-state index in [1.165, 1.54) is 13.2 Å². The van der Waals surface area contributed by atoms with Gasteiger partial charge in [-0.25, -0.2) is 4.98 Å². The largest absolute Gasteiger partial charge is 0.507 e. The Kier molecular flexibility index (Phi) is 7.89. The maximum atomic E-state index is 10.8. The minimum Gasteiger partial charge on any atom is -0.507 e. The molecular formula is C17H20BrClN4O2. The molecule has 0 unspecified atom stereocenters. The molecule has 0 fully saturated rings. The lowest BCUT2D eigenvalue weighted by molar-refractivity contribution is 0.112. The summed E-state index contributed by atoms with van der Waals surface area (Å²) in [4.78, 5) is 14.9. The molecule has 0 amide bonds. The molecule has 3 rings (SSSR count). The number of aryl methyl sites for hydroxylation is 2. The van der Waals surface area contributed by atoms with E-state index in [4.69, 9.17) is 22.4 Å². The zero-order valence-corrected chi connectivity index (χ0v) is 16.5. The molecule has 6 nitrogen and oxygen atoms in total. The molecule has 0 atom stereocenters. The van der Waals surface area contributed by atoms with Crippen molar-refractivity contribution < 1.29 is 9.90 Å². The number of fused-ring (bicyclic) bond motifs is 1. The van der Waals surface area contributed by atoms with E-state index >= 15 is 0 Å². The van der Waals surface area contributed by atoms with Gasteiger partial charge in [-0.15, -0.1) is 0 Å². The van der Waals surface area contributed by atoms with Crippen molar-refractivity contribution in [1.82, 2.24) is 9.55 Å². The van der Waals surface area contributed by atoms with Gasteiger partial charge in [0.05, 0.1) is 15.1 Å². The highest BCUT2D eigenvalue weighted by molar-refractivity contribution is 9.10. The van der Waals surface area contributed by atoms with E-state index in [2.05, 4.69) is 26.6 Å². The molecule has 8 heteroatoms. The van der Waals surface area contributed by atoms with Gasteiger partial charge in [0.2, 0.25) is 0 Å². The van der Waals surface area contributed by atoms with Crippen molar-refractivity contribution in [3.8, 4) is 5.75 Å². The summed E-state index contributed by atoms with van der Waals surface area (Å²) in [5.74, 6) is 0.699. The van der Waals surface area contributed by atoms with Crippen molar-refractivity contribution in [2.24, 2.45) is 12.8 Å². The number of nitrogen functional groups attached to an aromatic ring is 1. The SMILES string of the molecule is CN.Cc1ccc(O)c(Br)c1.Cn1c(N)c(C=O)c2cc(Cl)cnc21. The monoisotopic (exact) mass is 426 g/mol. The van der Waals surface area contributed by atoms with Crippen molar-refractivity contribution in [2.45, 2.75) is 6.92 Å². The van der Waals surface area contributed by atoms with Crippen molar-refractivity contribution in [3.05, 3.63) is 51.1 Å². The summed E-state index contributed by atoms with van der Waals surface area (Å²) in [5.41, 5.74) is 12.5. The molecule has 0 aliphatic rings. The lowest BCUT2D eigenvalue weighted by Crippen LogP contribution is -1.98. The standard InChI is InChI=1S/C9H8ClN3O.C7H7BrO.CH5N/c1-13-8(11)7(4-14)6-2-5(10)3-12-9(6)13;1-5-2-3-7(9)6(8)4-5;1-2/h2-4H,11H2,1H3;2-4,9H,1H3;2H2,1H3. The van der Waals surface area contributed by atoms with Crippen LogP contribution >= 0.6 is 27.5 Å². The second kappa shape index (κ2) is 9.41. The number of hydrogen-bond donors (Lipinski definition) is 3. The number of phenols is 1. The van der Waals surface area contributed by atoms with Gasteiger partial charge in [0, 0.05) is 18.6 Å². The van der Waals surface area contributed by atoms with Gasteiger partial charge in [-0.1, -0.05) is 17.7 Å². The van der Waals surface area contributed by atoms with Crippen LogP contribution in [-0.4, -0.2) is 28.0 Å². The molecular weight excluding hydrogens is 408 g/mol. The van der Waals surface area contributed by atoms with E-state index in [1.54, 1.807) is 23.7 Å². The molecule has 25 heavy (non-hydrogen) atoms. The molecule has 0 saturated carbocycles. The number of nitrogens with zero attached hydrogens (tertiary/aromatic N) is 2. The molecule has 3 aromatic rings. The normalized spacial score (nSPS) is 9.68. The van der Waals surface area contributed by atoms with Crippen molar-refractivity contribution in [2.75, 3.05) is 12.8 Å². The number of halogens is 2. The number of rotatable bonds is 1. The van der Waals surface area contributed by atoms with Crippen LogP contribution in [0, 0.1) is 6.92 Å². The fraction of sp³-hybridized carbons (Fsp3) is 0.176. The summed E-state index contributed by atoms with van der Waals surface area (Å²) in [7, 11) is 3.26. The molecule has 1 aromatic carbocycles. The summed E-state index contributed by atoms with van der Waals surface area (Å²) in [6.45, 7) is 1.98. The summed E-state index contributed by atoms with van der Waals surface area (Å²) in [5, 5.41) is 10.2. The molecule has 0 radical (unpaired) electrons. The van der Waals surface area contributed by atoms with E-state index in [-0.39, 0.29) is 0 Å². The zero-order valence-electron chi connectivity index (χ0n) is 14.1. The number of phenolic OH excluding ortho intramolecular Hbond substituents is 1. The Morgan fingerprint density at radius 2 is 1.96 bits per heavy atom. The van der Waals surface area contributed by atoms with Crippen molar-refractivity contribution >= 4 is 50.7 Å². The fourth-order valence-corrected chi connectivity index (χ4v) is 2.72. The van der Waals surface area contributed by atoms with Gasteiger partial charge in [0.25, 0.3) is 0 Å². The van der Waals surface area contributed by atoms with Crippen LogP contribution in [0.1, 0.15) is 15.9 Å². The average Bonchev–Trinajstić information content (AvgIpc) is 2.84. The minimum absolute atomic E-state index is 0.292. The van der Waals surface area contributed by atoms with Gasteiger partial charge in [0.1, 0.15) is 17.2 Å². The Morgan fingerprint density at radius 3 is 2.48 bits per heavy atom. The van der Waals surface area contributed by atoms with Crippen LogP contribution in [0.4, 0.5) is 5.82 Å². The van der Waals surface area contributed by atoms with Crippen LogP contribution in [0.5, 0.6) is 5.75 Å². The number of aldehydes is 1. The molecule has 2 aromatic heterocycles. The van der Waals surface area contributed by atoms with Gasteiger partial charge < -0.3 is 21.1 Å². The van der Waals surface area contributed by atoms with E-state index in [1.807, 2.05) is 19.1 Å². The van der Waals surface area contributed by atoms with Crippen LogP contribution in [0.2, 0.25) is 5.02 Å². The Balaban J connectivity index is 0.000000246. The van der Waals surface area contributed by atoms with Crippen LogP contribution in [0.25, 0.3) is 11.0 Å². The number of carbonyl (C=O) groups is 1. The first-order valence-corrected chi connectivity index (χ1v) is 8.39. The average molecular weight is 428 g/mol. The number of nitrogens with two attached hydrogens (primary N) is 2. The third-order valence-electron chi connectivity index (χ3n) is 3.30. The first-order chi connectivity index (χ1) is 11.8. The van der Waals surface area contributed by atoms with Gasteiger partial charge >= 0.3 is 0 Å². The number of aromatic nitrogens is 2. The van der Waals surface area contributed by atoms with E-state index < -0.39 is 0 Å². The van der Waals surface area contributed by atoms with Crippen LogP contribution in [-0.2, 0) is 7.05 Å². The topological polar surface area (TPSA) is 107 Å². The molecule has 0 aliphatic carbocycles. The lowest BCUT2D eigenvalue weighted by Gasteiger charge is -1.96. The highest BCUT2D eigenvalue weighted by Gasteiger charge is 2.12. The number of pyridine rings is 1. The Hall–Kier alpha value is -2.09. The van der Waals surface area contributed by atoms with Crippen LogP contribution in [0.15, 0.2) is 34.9 Å². The van der Waals surface area contributed by atoms with E-state index in [0.29, 0.717) is 33.2 Å². The highest BCUT2D eigenvalue weighted by atomic mass is 79.9. The van der Waals surface area contributed by atoms with Gasteiger partial charge in [0.15, 0.2) is 6.29 Å². The Bertz CT molecular complexity index is 881. The number of hydrogen-bond acceptors (Lipinski definition) is 5. The highest BCUT2D eigenvalue weighted by Crippen LogP contribution is 2.26. The third-order valence-corrected chi connectivity index (χ3v) is 4.14. The summed E-state index contributed by atoms with van der Waals surface area (Å²) in [6.07, 6.45) is 2.24. The lowest BCUT2D eigenvalue weighted by atomic mass is 10.2. The molecule has 134 valence electrons. The summed E-state index contributed by atoms with van der Waals surface area (Å²) >= 11 is 8.98. The van der Waals surface area contributed by atoms with Crippen molar-refractivity contribution in [3.63, 3.8) is 0 Å². The van der Waals surface area contributed by atoms with Crippen LogP contribution < -0.4 is 11.5 Å². The van der Waals surface area contributed by atoms with E-state index in [0.717, 1.165) is 16.3 Å². The number of benzene rings is 1. The molecule has 0 spiro atoms. The zero-order chi connectivity index (χ0) is 19.1. The van der Waals surface area contributed by atoms with Gasteiger partial charge in [-0.3, -0.25) is 4.79 Å². The number of carbonyl (C=O) groups excluding carboxylic acids is 1. The van der Waals surface area contributed by atoms with Gasteiger partial charge in [-0.2, -0.15) is 0 Å². The van der Waals surface area contributed by atoms with E-state index in [9.17, 15) is 4.79 Å². The second-order valence-electron chi connectivity index (χ2n) is 4.96. The first kappa shape index (κ1) is 21.0. The number of aromatic hydroxyl groups is 1. The Labute approximate surface area is 159 Å². The molecule has 0 bridgehead atoms. The second-order valence-corrected chi connectivity index (χ2v) is 6.25. The summed E-state index contributed by atoms with van der Waals surface area (Å²) in [6, 6.07) is 7.08. The fourth-order valence-electron chi connectivity index (χ4n) is 2.07. The predicted molar refractivity (Wildman–Crippen MR) is 106 cm³/mol. The predicted octanol–water partition coefficient (Wildman–Crippen LogP) is 3.66. The molecule has 0 saturated heterocycles. The maximum absolute atomic E-state index is 10.8. The van der Waals surface area contributed by atoms with Crippen LogP contribution in [0.3, 0.4) is 0 Å². The van der Waals surface area contributed by atoms with Crippen molar-refractivity contribution in [1.29, 1.82) is 0 Å². The molecule has 5 N–H and O–H groups in total. The molecule has 0 aliphatic heterocycles. The van der Waals surface area contributed by atoms with Gasteiger partial charge in [-0.05, 0) is 53.7 Å². The smallest absolute Gasteiger partial charge is 0.154 e. The number of anilines is 1. The third kappa shape index (κ3) is 4.94. The Morgan fingerprint density at radius 1 is 1.32 bits per heavy atom. The quantitative estimate of drug-likeness (QED) is 0.514. The maximum Gasteiger partial charge on any atom is 0.154 e. The minimum atomic E-state index is 0.292. The molecule has 2 heterocycles. The first-order valence-electron chi connectivity index (χ1n) is 7.22.